The molecule has 0 radical (unpaired) electrons. The van der Waals surface area contributed by atoms with Crippen LogP contribution in [0.15, 0.2) is 36.4 Å². The molecular weight excluding hydrogens is 264 g/mol. The van der Waals surface area contributed by atoms with Gasteiger partial charge in [-0.1, -0.05) is 18.2 Å². The second-order valence-electron chi connectivity index (χ2n) is 5.48. The van der Waals surface area contributed by atoms with Gasteiger partial charge in [0.2, 0.25) is 0 Å². The summed E-state index contributed by atoms with van der Waals surface area (Å²) in [5.74, 6) is -0.109. The Bertz CT molecular complexity index is 672. The van der Waals surface area contributed by atoms with Crippen molar-refractivity contribution in [3.63, 3.8) is 0 Å². The number of carbonyl (C=O) groups is 1. The van der Waals surface area contributed by atoms with Gasteiger partial charge in [-0.15, -0.1) is 0 Å². The normalized spacial score (nSPS) is 10.7. The first kappa shape index (κ1) is 15.1. The molecule has 0 atom stereocenters. The molecule has 0 saturated heterocycles. The summed E-state index contributed by atoms with van der Waals surface area (Å²) in [4.78, 5) is 11.3. The number of carboxylic acid groups (broad SMARTS) is 1. The first-order valence-corrected chi connectivity index (χ1v) is 7.00. The molecule has 0 aliphatic rings. The summed E-state index contributed by atoms with van der Waals surface area (Å²) < 4.78 is 5.70. The lowest BCUT2D eigenvalue weighted by atomic mass is 9.95. The highest BCUT2D eigenvalue weighted by molar-refractivity contribution is 5.91. The summed E-state index contributed by atoms with van der Waals surface area (Å²) >= 11 is 0. The van der Waals surface area contributed by atoms with Gasteiger partial charge in [-0.25, -0.2) is 4.79 Å². The molecule has 0 aliphatic carbocycles. The van der Waals surface area contributed by atoms with Gasteiger partial charge in [-0.3, -0.25) is 0 Å². The summed E-state index contributed by atoms with van der Waals surface area (Å²) in [7, 11) is 0. The third-order valence-corrected chi connectivity index (χ3v) is 3.32. The van der Waals surface area contributed by atoms with Crippen LogP contribution in [0.3, 0.4) is 0 Å². The largest absolute Gasteiger partial charge is 0.491 e. The second kappa shape index (κ2) is 6.00. The SMILES string of the molecule is Cc1cc(C)c(-c2cccc(OC(C)C)c2)cc1C(=O)O. The average molecular weight is 284 g/mol. The van der Waals surface area contributed by atoms with Gasteiger partial charge in [-0.2, -0.15) is 0 Å². The van der Waals surface area contributed by atoms with E-state index in [0.717, 1.165) is 28.0 Å². The van der Waals surface area contributed by atoms with Gasteiger partial charge in [0.05, 0.1) is 11.7 Å². The van der Waals surface area contributed by atoms with E-state index in [9.17, 15) is 9.90 Å². The van der Waals surface area contributed by atoms with Crippen molar-refractivity contribution < 1.29 is 14.6 Å². The molecule has 3 heteroatoms. The minimum Gasteiger partial charge on any atom is -0.491 e. The van der Waals surface area contributed by atoms with Gasteiger partial charge in [0.15, 0.2) is 0 Å². The number of hydrogen-bond acceptors (Lipinski definition) is 2. The summed E-state index contributed by atoms with van der Waals surface area (Å²) in [5.41, 5.74) is 4.06. The Morgan fingerprint density at radius 3 is 2.43 bits per heavy atom. The highest BCUT2D eigenvalue weighted by Gasteiger charge is 2.12. The molecule has 2 aromatic rings. The summed E-state index contributed by atoms with van der Waals surface area (Å²) in [6, 6.07) is 11.4. The number of rotatable bonds is 4. The van der Waals surface area contributed by atoms with Crippen LogP contribution in [0.5, 0.6) is 5.75 Å². The highest BCUT2D eigenvalue weighted by atomic mass is 16.5. The topological polar surface area (TPSA) is 46.5 Å². The number of benzene rings is 2. The third kappa shape index (κ3) is 3.43. The molecule has 21 heavy (non-hydrogen) atoms. The molecule has 0 heterocycles. The lowest BCUT2D eigenvalue weighted by Crippen LogP contribution is -2.05. The van der Waals surface area contributed by atoms with E-state index in [0.29, 0.717) is 5.56 Å². The van der Waals surface area contributed by atoms with Gasteiger partial charge in [0, 0.05) is 0 Å². The maximum Gasteiger partial charge on any atom is 0.335 e. The van der Waals surface area contributed by atoms with Crippen molar-refractivity contribution in [2.45, 2.75) is 33.8 Å². The Labute approximate surface area is 125 Å². The average Bonchev–Trinajstić information content (AvgIpc) is 2.37. The molecule has 1 N–H and O–H groups in total. The molecule has 0 bridgehead atoms. The predicted molar refractivity (Wildman–Crippen MR) is 84.1 cm³/mol. The smallest absolute Gasteiger partial charge is 0.335 e. The fourth-order valence-electron chi connectivity index (χ4n) is 2.40. The van der Waals surface area contributed by atoms with Crippen LogP contribution >= 0.6 is 0 Å². The van der Waals surface area contributed by atoms with Crippen LogP contribution < -0.4 is 4.74 Å². The van der Waals surface area contributed by atoms with Gasteiger partial charge in [0.1, 0.15) is 5.75 Å². The first-order chi connectivity index (χ1) is 9.88. The van der Waals surface area contributed by atoms with E-state index in [2.05, 4.69) is 0 Å². The monoisotopic (exact) mass is 284 g/mol. The van der Waals surface area contributed by atoms with E-state index in [-0.39, 0.29) is 6.10 Å². The van der Waals surface area contributed by atoms with E-state index in [1.165, 1.54) is 0 Å². The van der Waals surface area contributed by atoms with E-state index < -0.39 is 5.97 Å². The summed E-state index contributed by atoms with van der Waals surface area (Å²) in [6.07, 6.45) is 0.106. The Balaban J connectivity index is 2.51. The molecular formula is C18H20O3. The molecule has 0 unspecified atom stereocenters. The molecule has 3 nitrogen and oxygen atoms in total. The number of aromatic carboxylic acids is 1. The second-order valence-corrected chi connectivity index (χ2v) is 5.48. The maximum atomic E-state index is 11.3. The van der Waals surface area contributed by atoms with Gasteiger partial charge in [-0.05, 0) is 68.1 Å². The number of hydrogen-bond donors (Lipinski definition) is 1. The summed E-state index contributed by atoms with van der Waals surface area (Å²) in [6.45, 7) is 7.77. The van der Waals surface area contributed by atoms with Crippen LogP contribution in [-0.4, -0.2) is 17.2 Å². The molecule has 0 aliphatic heterocycles. The van der Waals surface area contributed by atoms with Gasteiger partial charge >= 0.3 is 5.97 Å². The van der Waals surface area contributed by atoms with Crippen LogP contribution in [0.25, 0.3) is 11.1 Å². The van der Waals surface area contributed by atoms with Gasteiger partial charge < -0.3 is 9.84 Å². The number of aryl methyl sites for hydroxylation is 2. The zero-order valence-corrected chi connectivity index (χ0v) is 12.8. The molecule has 0 amide bonds. The van der Waals surface area contributed by atoms with Crippen LogP contribution in [-0.2, 0) is 0 Å². The standard InChI is InChI=1S/C18H20O3/c1-11(2)21-15-7-5-6-14(9-15)16-10-17(18(19)20)13(4)8-12(16)3/h5-11H,1-4H3,(H,19,20). The Hall–Kier alpha value is -2.29. The fourth-order valence-corrected chi connectivity index (χ4v) is 2.40. The highest BCUT2D eigenvalue weighted by Crippen LogP contribution is 2.29. The van der Waals surface area contributed by atoms with Gasteiger partial charge in [0.25, 0.3) is 0 Å². The Morgan fingerprint density at radius 1 is 1.10 bits per heavy atom. The Kier molecular flexibility index (Phi) is 4.32. The van der Waals surface area contributed by atoms with Crippen LogP contribution in [0.4, 0.5) is 0 Å². The van der Waals surface area contributed by atoms with Crippen molar-refractivity contribution in [1.29, 1.82) is 0 Å². The zero-order valence-electron chi connectivity index (χ0n) is 12.8. The molecule has 2 aromatic carbocycles. The predicted octanol–water partition coefficient (Wildman–Crippen LogP) is 4.46. The zero-order chi connectivity index (χ0) is 15.6. The van der Waals surface area contributed by atoms with Crippen LogP contribution in [0.2, 0.25) is 0 Å². The minimum absolute atomic E-state index is 0.106. The van der Waals surface area contributed by atoms with Crippen molar-refractivity contribution >= 4 is 5.97 Å². The van der Waals surface area contributed by atoms with E-state index in [4.69, 9.17) is 4.74 Å². The van der Waals surface area contributed by atoms with E-state index in [1.54, 1.807) is 6.07 Å². The van der Waals surface area contributed by atoms with Crippen LogP contribution in [0.1, 0.15) is 35.3 Å². The maximum absolute atomic E-state index is 11.3. The molecule has 0 fully saturated rings. The molecule has 2 rings (SSSR count). The molecule has 110 valence electrons. The fraction of sp³-hybridized carbons (Fsp3) is 0.278. The summed E-state index contributed by atoms with van der Waals surface area (Å²) in [5, 5.41) is 9.28. The molecule has 0 aromatic heterocycles. The lowest BCUT2D eigenvalue weighted by molar-refractivity contribution is 0.0696. The minimum atomic E-state index is -0.900. The molecule has 0 saturated carbocycles. The van der Waals surface area contributed by atoms with Crippen molar-refractivity contribution in [1.82, 2.24) is 0 Å². The first-order valence-electron chi connectivity index (χ1n) is 7.00. The van der Waals surface area contributed by atoms with Crippen molar-refractivity contribution in [3.05, 3.63) is 53.1 Å². The van der Waals surface area contributed by atoms with E-state index in [1.807, 2.05) is 58.0 Å². The quantitative estimate of drug-likeness (QED) is 0.901. The van der Waals surface area contributed by atoms with Crippen molar-refractivity contribution in [2.24, 2.45) is 0 Å². The Morgan fingerprint density at radius 2 is 1.81 bits per heavy atom. The van der Waals surface area contributed by atoms with Crippen molar-refractivity contribution in [3.8, 4) is 16.9 Å². The van der Waals surface area contributed by atoms with Crippen LogP contribution in [0, 0.1) is 13.8 Å². The van der Waals surface area contributed by atoms with E-state index >= 15 is 0 Å². The van der Waals surface area contributed by atoms with Crippen molar-refractivity contribution in [2.75, 3.05) is 0 Å². The molecule has 0 spiro atoms. The number of carboxylic acids is 1. The number of ether oxygens (including phenoxy) is 1. The lowest BCUT2D eigenvalue weighted by Gasteiger charge is -2.13. The third-order valence-electron chi connectivity index (χ3n) is 3.32.